The van der Waals surface area contributed by atoms with Crippen LogP contribution in [0.15, 0.2) is 0 Å². The number of hydrogen-bond donors (Lipinski definition) is 0. The van der Waals surface area contributed by atoms with Gasteiger partial charge in [-0.15, -0.1) is 0 Å². The summed E-state index contributed by atoms with van der Waals surface area (Å²) in [6.45, 7) is 2.09. The fraction of sp³-hybridized carbons (Fsp3) is 0.400. The van der Waals surface area contributed by atoms with Crippen LogP contribution in [0.5, 0.6) is 0 Å². The van der Waals surface area contributed by atoms with E-state index in [-0.39, 0.29) is 17.4 Å². The van der Waals surface area contributed by atoms with Gasteiger partial charge < -0.3 is 4.74 Å². The van der Waals surface area contributed by atoms with Crippen LogP contribution in [0.25, 0.3) is 0 Å². The fourth-order valence-corrected chi connectivity index (χ4v) is 0.202. The summed E-state index contributed by atoms with van der Waals surface area (Å²) >= 11 is 0. The number of ether oxygens (including phenoxy) is 1. The Morgan fingerprint density at radius 2 is 1.50 bits per heavy atom. The molecule has 1 radical (unpaired) electrons. The summed E-state index contributed by atoms with van der Waals surface area (Å²) in [6, 6.07) is 0. The van der Waals surface area contributed by atoms with Crippen LogP contribution in [0.3, 0.4) is 0 Å². The van der Waals surface area contributed by atoms with Gasteiger partial charge in [0.25, 0.3) is 0 Å². The summed E-state index contributed by atoms with van der Waals surface area (Å²) in [6.07, 6.45) is 0. The third-order valence-corrected chi connectivity index (χ3v) is 0.524. The molecular formula is C5H6CrO4+3. The Labute approximate surface area is 68.7 Å². The monoisotopic (exact) mass is 182 g/mol. The number of hydrogen-bond acceptors (Lipinski definition) is 4. The van der Waals surface area contributed by atoms with Gasteiger partial charge in [0.1, 0.15) is 0 Å². The Hall–Kier alpha value is -0.658. The van der Waals surface area contributed by atoms with Crippen molar-refractivity contribution >= 4 is 17.7 Å². The molecule has 0 fully saturated rings. The first-order valence-corrected chi connectivity index (χ1v) is 2.27. The predicted octanol–water partition coefficient (Wildman–Crippen LogP) is -0.337. The van der Waals surface area contributed by atoms with Crippen LogP contribution < -0.4 is 0 Å². The van der Waals surface area contributed by atoms with Gasteiger partial charge in [0, 0.05) is 13.8 Å². The molecule has 0 rings (SSSR count). The minimum atomic E-state index is -1.11. The van der Waals surface area contributed by atoms with E-state index >= 15 is 0 Å². The second kappa shape index (κ2) is 5.15. The van der Waals surface area contributed by atoms with Crippen molar-refractivity contribution < 1.29 is 36.5 Å². The first-order chi connectivity index (χ1) is 4.04. The number of rotatable bonds is 1. The largest absolute Gasteiger partial charge is 3.00 e. The Morgan fingerprint density at radius 1 is 1.10 bits per heavy atom. The maximum Gasteiger partial charge on any atom is 3.00 e. The molecule has 0 aliphatic heterocycles. The van der Waals surface area contributed by atoms with E-state index < -0.39 is 17.7 Å². The van der Waals surface area contributed by atoms with Crippen LogP contribution in [-0.4, -0.2) is 17.7 Å². The second-order valence-corrected chi connectivity index (χ2v) is 1.44. The first-order valence-electron chi connectivity index (χ1n) is 2.27. The average Bonchev–Trinajstić information content (AvgIpc) is 1.63. The zero-order valence-corrected chi connectivity index (χ0v) is 6.82. The van der Waals surface area contributed by atoms with Crippen molar-refractivity contribution in [3.8, 4) is 0 Å². The summed E-state index contributed by atoms with van der Waals surface area (Å²) in [5.74, 6) is -2.65. The van der Waals surface area contributed by atoms with Crippen molar-refractivity contribution in [3.63, 3.8) is 0 Å². The molecule has 0 aromatic heterocycles. The SMILES string of the molecule is CC(=O)OC(=O)C(C)=O.[Cr+3]. The van der Waals surface area contributed by atoms with E-state index in [9.17, 15) is 14.4 Å². The quantitative estimate of drug-likeness (QED) is 0.316. The zero-order chi connectivity index (χ0) is 7.44. The van der Waals surface area contributed by atoms with Crippen molar-refractivity contribution in [2.45, 2.75) is 13.8 Å². The predicted molar refractivity (Wildman–Crippen MR) is 27.5 cm³/mol. The molecule has 0 saturated heterocycles. The Morgan fingerprint density at radius 3 is 1.60 bits per heavy atom. The van der Waals surface area contributed by atoms with Crippen LogP contribution >= 0.6 is 0 Å². The van der Waals surface area contributed by atoms with Crippen molar-refractivity contribution in [3.05, 3.63) is 0 Å². The van der Waals surface area contributed by atoms with E-state index in [0.717, 1.165) is 13.8 Å². The summed E-state index contributed by atoms with van der Waals surface area (Å²) < 4.78 is 3.88. The van der Waals surface area contributed by atoms with Gasteiger partial charge in [0.15, 0.2) is 0 Å². The Bertz CT molecular complexity index is 163. The first kappa shape index (κ1) is 12.1. The molecule has 10 heavy (non-hydrogen) atoms. The van der Waals surface area contributed by atoms with E-state index in [1.54, 1.807) is 0 Å². The fourth-order valence-electron chi connectivity index (χ4n) is 0.202. The van der Waals surface area contributed by atoms with Crippen LogP contribution in [-0.2, 0) is 36.5 Å². The molecule has 0 saturated carbocycles. The summed E-state index contributed by atoms with van der Waals surface area (Å²) in [5, 5.41) is 0. The topological polar surface area (TPSA) is 60.4 Å². The molecule has 0 N–H and O–H groups in total. The van der Waals surface area contributed by atoms with Gasteiger partial charge in [-0.25, -0.2) is 4.79 Å². The van der Waals surface area contributed by atoms with Crippen LogP contribution in [0.4, 0.5) is 0 Å². The maximum absolute atomic E-state index is 10.2. The Kier molecular flexibility index (Phi) is 6.21. The maximum atomic E-state index is 10.2. The summed E-state index contributed by atoms with van der Waals surface area (Å²) in [7, 11) is 0. The van der Waals surface area contributed by atoms with Crippen molar-refractivity contribution in [2.24, 2.45) is 0 Å². The van der Waals surface area contributed by atoms with Crippen molar-refractivity contribution in [1.82, 2.24) is 0 Å². The van der Waals surface area contributed by atoms with Crippen LogP contribution in [0.1, 0.15) is 13.8 Å². The Balaban J connectivity index is 0. The number of Topliss-reactive ketones (excluding diaryl/α,β-unsaturated/α-hetero) is 1. The number of carbonyl (C=O) groups is 3. The van der Waals surface area contributed by atoms with Gasteiger partial charge in [0.2, 0.25) is 5.78 Å². The normalized spacial score (nSPS) is 7.40. The molecule has 0 aromatic rings. The van der Waals surface area contributed by atoms with E-state index in [0.29, 0.717) is 0 Å². The minimum Gasteiger partial charge on any atom is -0.387 e. The molecule has 0 aromatic carbocycles. The van der Waals surface area contributed by atoms with Gasteiger partial charge in [-0.05, 0) is 0 Å². The summed E-state index contributed by atoms with van der Waals surface area (Å²) in [4.78, 5) is 30.2. The van der Waals surface area contributed by atoms with E-state index in [2.05, 4.69) is 4.74 Å². The van der Waals surface area contributed by atoms with Gasteiger partial charge in [-0.1, -0.05) is 0 Å². The number of ketones is 1. The van der Waals surface area contributed by atoms with Crippen molar-refractivity contribution in [1.29, 1.82) is 0 Å². The number of esters is 2. The molecule has 0 amide bonds. The molecule has 0 atom stereocenters. The molecule has 0 unspecified atom stereocenters. The van der Waals surface area contributed by atoms with Gasteiger partial charge in [-0.2, -0.15) is 0 Å². The second-order valence-electron chi connectivity index (χ2n) is 1.44. The van der Waals surface area contributed by atoms with Crippen LogP contribution in [0, 0.1) is 0 Å². The van der Waals surface area contributed by atoms with E-state index in [1.807, 2.05) is 0 Å². The van der Waals surface area contributed by atoms with Crippen LogP contribution in [0.2, 0.25) is 0 Å². The molecule has 0 aliphatic carbocycles. The molecule has 0 bridgehead atoms. The molecule has 0 aliphatic rings. The average molecular weight is 182 g/mol. The van der Waals surface area contributed by atoms with Gasteiger partial charge in [-0.3, -0.25) is 9.59 Å². The molecule has 4 nitrogen and oxygen atoms in total. The van der Waals surface area contributed by atoms with Crippen molar-refractivity contribution in [2.75, 3.05) is 0 Å². The molecular weight excluding hydrogens is 176 g/mol. The minimum absolute atomic E-state index is 0. The zero-order valence-electron chi connectivity index (χ0n) is 5.54. The van der Waals surface area contributed by atoms with Gasteiger partial charge >= 0.3 is 29.3 Å². The standard InChI is InChI=1S/C5H6O4.Cr/c1-3(6)5(8)9-4(2)7;/h1-2H3;/q;+3. The third-order valence-electron chi connectivity index (χ3n) is 0.524. The molecule has 0 spiro atoms. The van der Waals surface area contributed by atoms with E-state index in [1.165, 1.54) is 0 Å². The molecule has 53 valence electrons. The third kappa shape index (κ3) is 5.48. The number of carbonyl (C=O) groups excluding carboxylic acids is 3. The smallest absolute Gasteiger partial charge is 0.387 e. The van der Waals surface area contributed by atoms with Gasteiger partial charge in [0.05, 0.1) is 0 Å². The van der Waals surface area contributed by atoms with E-state index in [4.69, 9.17) is 0 Å². The molecule has 0 heterocycles. The summed E-state index contributed by atoms with van der Waals surface area (Å²) in [5.41, 5.74) is 0. The molecule has 5 heteroatoms.